The number of fused-ring (bicyclic) bond motifs is 1. The van der Waals surface area contributed by atoms with Crippen LogP contribution in [0.15, 0.2) is 30.3 Å². The first-order chi connectivity index (χ1) is 9.62. The third kappa shape index (κ3) is 3.51. The highest BCUT2D eigenvalue weighted by Gasteiger charge is 2.10. The van der Waals surface area contributed by atoms with Crippen LogP contribution in [-0.2, 0) is 11.2 Å². The fourth-order valence-corrected chi connectivity index (χ4v) is 1.96. The summed E-state index contributed by atoms with van der Waals surface area (Å²) in [6, 6.07) is 7.58. The van der Waals surface area contributed by atoms with E-state index in [1.54, 1.807) is 18.2 Å². The Hall–Kier alpha value is -2.01. The van der Waals surface area contributed by atoms with Gasteiger partial charge in [-0.25, -0.2) is 4.39 Å². The van der Waals surface area contributed by atoms with Gasteiger partial charge in [-0.2, -0.15) is 0 Å². The molecule has 1 atom stereocenters. The van der Waals surface area contributed by atoms with Crippen molar-refractivity contribution in [3.8, 4) is 0 Å². The van der Waals surface area contributed by atoms with Crippen molar-refractivity contribution in [1.82, 2.24) is 10.3 Å². The van der Waals surface area contributed by atoms with E-state index in [0.29, 0.717) is 23.0 Å². The Balaban J connectivity index is 2.10. The van der Waals surface area contributed by atoms with Gasteiger partial charge in [-0.1, -0.05) is 13.0 Å². The second kappa shape index (κ2) is 6.43. The van der Waals surface area contributed by atoms with Crippen molar-refractivity contribution in [2.24, 2.45) is 0 Å². The van der Waals surface area contributed by atoms with Crippen LogP contribution in [0.5, 0.6) is 0 Å². The Morgan fingerprint density at radius 1 is 1.40 bits per heavy atom. The number of nitrogens with one attached hydrogen (secondary N) is 1. The molecule has 0 aliphatic heterocycles. The zero-order chi connectivity index (χ0) is 14.5. The molecule has 0 aliphatic carbocycles. The molecule has 1 aromatic heterocycles. The molecule has 106 valence electrons. The number of hydrogen-bond acceptors (Lipinski definition) is 3. The highest BCUT2D eigenvalue weighted by Crippen LogP contribution is 2.14. The molecule has 2 aromatic rings. The summed E-state index contributed by atoms with van der Waals surface area (Å²) in [6.07, 6.45) is 0.816. The van der Waals surface area contributed by atoms with Gasteiger partial charge in [0, 0.05) is 5.39 Å². The molecular formula is C15H17FN2O2. The normalized spacial score (nSPS) is 12.3. The first kappa shape index (κ1) is 14.4. The minimum atomic E-state index is -0.307. The van der Waals surface area contributed by atoms with E-state index in [1.807, 2.05) is 6.92 Å². The SMILES string of the molecule is CCC(CO)NC(=O)Cc1ccc2cc(F)ccc2n1. The van der Waals surface area contributed by atoms with Crippen molar-refractivity contribution >= 4 is 16.8 Å². The lowest BCUT2D eigenvalue weighted by atomic mass is 10.1. The molecule has 0 aliphatic rings. The first-order valence-electron chi connectivity index (χ1n) is 6.57. The summed E-state index contributed by atoms with van der Waals surface area (Å²) in [6.45, 7) is 1.82. The summed E-state index contributed by atoms with van der Waals surface area (Å²) < 4.78 is 13.1. The number of aromatic nitrogens is 1. The predicted octanol–water partition coefficient (Wildman–Crippen LogP) is 1.80. The Morgan fingerprint density at radius 3 is 2.90 bits per heavy atom. The number of amides is 1. The van der Waals surface area contributed by atoms with Gasteiger partial charge in [0.05, 0.1) is 30.3 Å². The maximum absolute atomic E-state index is 13.1. The molecule has 0 radical (unpaired) electrons. The predicted molar refractivity (Wildman–Crippen MR) is 74.7 cm³/mol. The molecule has 20 heavy (non-hydrogen) atoms. The van der Waals surface area contributed by atoms with E-state index in [4.69, 9.17) is 5.11 Å². The van der Waals surface area contributed by atoms with Crippen LogP contribution in [-0.4, -0.2) is 28.6 Å². The van der Waals surface area contributed by atoms with Crippen molar-refractivity contribution in [3.05, 3.63) is 41.8 Å². The summed E-state index contributed by atoms with van der Waals surface area (Å²) in [4.78, 5) is 16.1. The van der Waals surface area contributed by atoms with Crippen molar-refractivity contribution in [1.29, 1.82) is 0 Å². The zero-order valence-electron chi connectivity index (χ0n) is 11.3. The molecule has 5 heteroatoms. The summed E-state index contributed by atoms with van der Waals surface area (Å²) in [5, 5.41) is 12.5. The molecule has 0 bridgehead atoms. The van der Waals surface area contributed by atoms with Gasteiger partial charge >= 0.3 is 0 Å². The third-order valence-electron chi connectivity index (χ3n) is 3.13. The highest BCUT2D eigenvalue weighted by atomic mass is 19.1. The Bertz CT molecular complexity index is 612. The molecule has 1 amide bonds. The number of carbonyl (C=O) groups excluding carboxylic acids is 1. The summed E-state index contributed by atoms with van der Waals surface area (Å²) in [5.41, 5.74) is 1.28. The minimum absolute atomic E-state index is 0.0767. The first-order valence-corrected chi connectivity index (χ1v) is 6.57. The van der Waals surface area contributed by atoms with E-state index in [2.05, 4.69) is 10.3 Å². The van der Waals surface area contributed by atoms with Crippen molar-refractivity contribution in [2.75, 3.05) is 6.61 Å². The van der Waals surface area contributed by atoms with Crippen LogP contribution in [0.3, 0.4) is 0 Å². The second-order valence-electron chi connectivity index (χ2n) is 4.67. The molecule has 0 saturated carbocycles. The fraction of sp³-hybridized carbons (Fsp3) is 0.333. The molecule has 4 nitrogen and oxygen atoms in total. The number of pyridine rings is 1. The van der Waals surface area contributed by atoms with Gasteiger partial charge in [-0.05, 0) is 30.7 Å². The maximum Gasteiger partial charge on any atom is 0.226 e. The van der Waals surface area contributed by atoms with Crippen LogP contribution in [0, 0.1) is 5.82 Å². The molecule has 2 rings (SSSR count). The standard InChI is InChI=1S/C15H17FN2O2/c1-2-12(9-19)18-15(20)8-13-5-3-10-7-11(16)4-6-14(10)17-13/h3-7,12,19H,2,8-9H2,1H3,(H,18,20). The topological polar surface area (TPSA) is 62.2 Å². The van der Waals surface area contributed by atoms with Crippen LogP contribution < -0.4 is 5.32 Å². The third-order valence-corrected chi connectivity index (χ3v) is 3.13. The van der Waals surface area contributed by atoms with Crippen LogP contribution in [0.1, 0.15) is 19.0 Å². The average molecular weight is 276 g/mol. The van der Waals surface area contributed by atoms with Crippen LogP contribution in [0.2, 0.25) is 0 Å². The van der Waals surface area contributed by atoms with E-state index < -0.39 is 0 Å². The van der Waals surface area contributed by atoms with Gasteiger partial charge in [0.15, 0.2) is 0 Å². The van der Waals surface area contributed by atoms with E-state index in [-0.39, 0.29) is 30.8 Å². The lowest BCUT2D eigenvalue weighted by Gasteiger charge is -2.13. The average Bonchev–Trinajstić information content (AvgIpc) is 2.45. The van der Waals surface area contributed by atoms with Gasteiger partial charge in [-0.3, -0.25) is 9.78 Å². The second-order valence-corrected chi connectivity index (χ2v) is 4.67. The monoisotopic (exact) mass is 276 g/mol. The lowest BCUT2D eigenvalue weighted by molar-refractivity contribution is -0.121. The number of benzene rings is 1. The van der Waals surface area contributed by atoms with Crippen molar-refractivity contribution in [3.63, 3.8) is 0 Å². The van der Waals surface area contributed by atoms with E-state index in [1.165, 1.54) is 12.1 Å². The Morgan fingerprint density at radius 2 is 2.20 bits per heavy atom. The highest BCUT2D eigenvalue weighted by molar-refractivity contribution is 5.81. The molecular weight excluding hydrogens is 259 g/mol. The number of aliphatic hydroxyl groups is 1. The molecule has 2 N–H and O–H groups in total. The van der Waals surface area contributed by atoms with Crippen molar-refractivity contribution < 1.29 is 14.3 Å². The molecule has 0 spiro atoms. The summed E-state index contributed by atoms with van der Waals surface area (Å²) >= 11 is 0. The smallest absolute Gasteiger partial charge is 0.226 e. The van der Waals surface area contributed by atoms with Crippen molar-refractivity contribution in [2.45, 2.75) is 25.8 Å². The number of hydrogen-bond donors (Lipinski definition) is 2. The van der Waals surface area contributed by atoms with Crippen LogP contribution in [0.4, 0.5) is 4.39 Å². The number of aliphatic hydroxyl groups excluding tert-OH is 1. The number of rotatable bonds is 5. The Labute approximate surface area is 116 Å². The Kier molecular flexibility index (Phi) is 4.63. The van der Waals surface area contributed by atoms with Crippen LogP contribution >= 0.6 is 0 Å². The van der Waals surface area contributed by atoms with Crippen LogP contribution in [0.25, 0.3) is 10.9 Å². The minimum Gasteiger partial charge on any atom is -0.394 e. The molecule has 1 heterocycles. The fourth-order valence-electron chi connectivity index (χ4n) is 1.96. The molecule has 0 saturated heterocycles. The number of carbonyl (C=O) groups is 1. The van der Waals surface area contributed by atoms with E-state index in [0.717, 1.165) is 0 Å². The molecule has 1 aromatic carbocycles. The van der Waals surface area contributed by atoms with Gasteiger partial charge in [-0.15, -0.1) is 0 Å². The quantitative estimate of drug-likeness (QED) is 0.875. The van der Waals surface area contributed by atoms with Gasteiger partial charge in [0.1, 0.15) is 5.82 Å². The molecule has 0 fully saturated rings. The van der Waals surface area contributed by atoms with E-state index >= 15 is 0 Å². The largest absolute Gasteiger partial charge is 0.394 e. The maximum atomic E-state index is 13.1. The van der Waals surface area contributed by atoms with Gasteiger partial charge in [0.2, 0.25) is 5.91 Å². The van der Waals surface area contributed by atoms with Gasteiger partial charge in [0.25, 0.3) is 0 Å². The van der Waals surface area contributed by atoms with E-state index in [9.17, 15) is 9.18 Å². The summed E-state index contributed by atoms with van der Waals surface area (Å²) in [7, 11) is 0. The van der Waals surface area contributed by atoms with Gasteiger partial charge < -0.3 is 10.4 Å². The number of nitrogens with zero attached hydrogens (tertiary/aromatic N) is 1. The zero-order valence-corrected chi connectivity index (χ0v) is 11.3. The molecule has 1 unspecified atom stereocenters. The number of halogens is 1. The summed E-state index contributed by atoms with van der Waals surface area (Å²) in [5.74, 6) is -0.488. The lowest BCUT2D eigenvalue weighted by Crippen LogP contribution is -2.37.